The average molecular weight is 430 g/mol. The molecule has 1 aromatic heterocycles. The van der Waals surface area contributed by atoms with Crippen molar-refractivity contribution in [1.29, 1.82) is 0 Å². The summed E-state index contributed by atoms with van der Waals surface area (Å²) in [6, 6.07) is 17.7. The van der Waals surface area contributed by atoms with Crippen LogP contribution < -0.4 is 4.74 Å². The molecule has 0 radical (unpaired) electrons. The summed E-state index contributed by atoms with van der Waals surface area (Å²) in [7, 11) is 0. The maximum Gasteiger partial charge on any atom is 0.213 e. The number of rotatable bonds is 2. The molecule has 2 atom stereocenters. The number of nitrogens with zero attached hydrogens (tertiary/aromatic N) is 2. The average Bonchev–Trinajstić information content (AvgIpc) is 3.32. The van der Waals surface area contributed by atoms with Crippen molar-refractivity contribution in [2.24, 2.45) is 5.10 Å². The van der Waals surface area contributed by atoms with Crippen LogP contribution in [0.2, 0.25) is 5.02 Å². The Morgan fingerprint density at radius 3 is 2.73 bits per heavy atom. The van der Waals surface area contributed by atoms with Crippen LogP contribution in [0.3, 0.4) is 0 Å². The van der Waals surface area contributed by atoms with Crippen molar-refractivity contribution in [3.8, 4) is 5.75 Å². The number of ether oxygens (including phenoxy) is 1. The molecule has 5 rings (SSSR count). The van der Waals surface area contributed by atoms with E-state index in [9.17, 15) is 0 Å². The Morgan fingerprint density at radius 1 is 1.12 bits per heavy atom. The fourth-order valence-electron chi connectivity index (χ4n) is 3.50. The topological polar surface area (TPSA) is 38.0 Å². The van der Waals surface area contributed by atoms with E-state index in [4.69, 9.17) is 25.9 Å². The fourth-order valence-corrected chi connectivity index (χ4v) is 4.00. The van der Waals surface area contributed by atoms with Crippen LogP contribution in [-0.2, 0) is 0 Å². The third-order valence-corrected chi connectivity index (χ3v) is 5.46. The van der Waals surface area contributed by atoms with Crippen LogP contribution in [0.4, 0.5) is 0 Å². The summed E-state index contributed by atoms with van der Waals surface area (Å²) < 4.78 is 12.9. The summed E-state index contributed by atoms with van der Waals surface area (Å²) in [6.45, 7) is 0. The second kappa shape index (κ2) is 6.18. The van der Waals surface area contributed by atoms with Crippen LogP contribution in [0.25, 0.3) is 0 Å². The second-order valence-electron chi connectivity index (χ2n) is 6.33. The zero-order valence-electron chi connectivity index (χ0n) is 13.6. The predicted octanol–water partition coefficient (Wildman–Crippen LogP) is 5.94. The lowest BCUT2D eigenvalue weighted by molar-refractivity contribution is -0.0190. The van der Waals surface area contributed by atoms with Gasteiger partial charge in [-0.1, -0.05) is 39.7 Å². The first-order valence-corrected chi connectivity index (χ1v) is 9.47. The van der Waals surface area contributed by atoms with E-state index in [1.54, 1.807) is 6.26 Å². The van der Waals surface area contributed by atoms with Gasteiger partial charge < -0.3 is 9.15 Å². The summed E-state index contributed by atoms with van der Waals surface area (Å²) >= 11 is 9.62. The maximum atomic E-state index is 6.32. The first-order valence-electron chi connectivity index (χ1n) is 8.30. The summed E-state index contributed by atoms with van der Waals surface area (Å²) in [4.78, 5) is 0. The van der Waals surface area contributed by atoms with Gasteiger partial charge in [-0.3, -0.25) is 0 Å². The lowest BCUT2D eigenvalue weighted by atomic mass is 9.97. The lowest BCUT2D eigenvalue weighted by Gasteiger charge is -2.38. The minimum absolute atomic E-state index is 0.0945. The molecule has 130 valence electrons. The van der Waals surface area contributed by atoms with Gasteiger partial charge in [-0.25, -0.2) is 5.01 Å². The van der Waals surface area contributed by atoms with Gasteiger partial charge in [0.05, 0.1) is 12.3 Å². The molecule has 6 heteroatoms. The highest BCUT2D eigenvalue weighted by atomic mass is 79.9. The van der Waals surface area contributed by atoms with Crippen molar-refractivity contribution in [2.45, 2.75) is 18.7 Å². The molecule has 0 spiro atoms. The van der Waals surface area contributed by atoms with E-state index >= 15 is 0 Å². The van der Waals surface area contributed by atoms with Gasteiger partial charge in [0.2, 0.25) is 6.23 Å². The monoisotopic (exact) mass is 428 g/mol. The van der Waals surface area contributed by atoms with Gasteiger partial charge in [-0.05, 0) is 42.5 Å². The molecule has 0 bridgehead atoms. The largest absolute Gasteiger partial charge is 0.464 e. The summed E-state index contributed by atoms with van der Waals surface area (Å²) in [5.41, 5.74) is 3.06. The number of hydrazone groups is 1. The van der Waals surface area contributed by atoms with Crippen LogP contribution >= 0.6 is 27.5 Å². The number of furan rings is 1. The van der Waals surface area contributed by atoms with Crippen LogP contribution in [-0.4, -0.2) is 10.7 Å². The van der Waals surface area contributed by atoms with Gasteiger partial charge in [0, 0.05) is 27.0 Å². The number of hydrogen-bond donors (Lipinski definition) is 0. The van der Waals surface area contributed by atoms with Gasteiger partial charge in [-0.2, -0.15) is 5.10 Å². The van der Waals surface area contributed by atoms with Crippen LogP contribution in [0.15, 0.2) is 74.9 Å². The molecule has 26 heavy (non-hydrogen) atoms. The van der Waals surface area contributed by atoms with E-state index < -0.39 is 0 Å². The Labute approximate surface area is 164 Å². The molecule has 3 aromatic rings. The van der Waals surface area contributed by atoms with Crippen molar-refractivity contribution >= 4 is 33.2 Å². The molecule has 0 aliphatic carbocycles. The molecule has 3 heterocycles. The van der Waals surface area contributed by atoms with Gasteiger partial charge in [0.25, 0.3) is 0 Å². The van der Waals surface area contributed by atoms with E-state index in [1.165, 1.54) is 0 Å². The number of fused-ring (bicyclic) bond motifs is 3. The highest BCUT2D eigenvalue weighted by molar-refractivity contribution is 9.10. The first-order chi connectivity index (χ1) is 12.7. The van der Waals surface area contributed by atoms with Crippen molar-refractivity contribution in [1.82, 2.24) is 5.01 Å². The van der Waals surface area contributed by atoms with E-state index in [0.717, 1.165) is 39.2 Å². The molecule has 0 saturated carbocycles. The van der Waals surface area contributed by atoms with Gasteiger partial charge in [0.1, 0.15) is 17.2 Å². The highest BCUT2D eigenvalue weighted by Gasteiger charge is 2.41. The molecule has 2 aliphatic rings. The van der Waals surface area contributed by atoms with Crippen molar-refractivity contribution < 1.29 is 9.15 Å². The Balaban J connectivity index is 1.61. The van der Waals surface area contributed by atoms with Gasteiger partial charge >= 0.3 is 0 Å². The van der Waals surface area contributed by atoms with Crippen molar-refractivity contribution in [3.05, 3.63) is 87.2 Å². The molecule has 2 aromatic carbocycles. The number of benzene rings is 2. The SMILES string of the molecule is Clc1ccc([C@@H]2Oc3ccc(Br)cc3[C@H]3CC(c4ccco4)=NN32)cc1. The maximum absolute atomic E-state index is 6.32. The lowest BCUT2D eigenvalue weighted by Crippen LogP contribution is -2.33. The molecule has 0 saturated heterocycles. The normalized spacial score (nSPS) is 21.0. The summed E-state index contributed by atoms with van der Waals surface area (Å²) in [5.74, 6) is 1.68. The minimum Gasteiger partial charge on any atom is -0.464 e. The molecular formula is C20H14BrClN2O2. The third kappa shape index (κ3) is 2.63. The molecule has 0 N–H and O–H groups in total. The zero-order chi connectivity index (χ0) is 17.7. The Morgan fingerprint density at radius 2 is 1.96 bits per heavy atom. The van der Waals surface area contributed by atoms with E-state index in [1.807, 2.05) is 53.5 Å². The van der Waals surface area contributed by atoms with Crippen LogP contribution in [0.1, 0.15) is 35.6 Å². The predicted molar refractivity (Wildman–Crippen MR) is 103 cm³/mol. The third-order valence-electron chi connectivity index (χ3n) is 4.71. The minimum atomic E-state index is -0.307. The van der Waals surface area contributed by atoms with Crippen LogP contribution in [0, 0.1) is 0 Å². The quantitative estimate of drug-likeness (QED) is 0.506. The first kappa shape index (κ1) is 16.0. The molecule has 0 unspecified atom stereocenters. The molecule has 2 aliphatic heterocycles. The van der Waals surface area contributed by atoms with Crippen molar-refractivity contribution in [2.75, 3.05) is 0 Å². The molecular weight excluding hydrogens is 416 g/mol. The summed E-state index contributed by atoms with van der Waals surface area (Å²) in [5, 5.41) is 7.57. The Bertz CT molecular complexity index is 986. The summed E-state index contributed by atoms with van der Waals surface area (Å²) in [6.07, 6.45) is 2.13. The standard InChI is InChI=1S/C20H14BrClN2O2/c21-13-5-8-18-15(10-13)17-11-16(19-2-1-9-25-19)23-24(17)20(26-18)12-3-6-14(22)7-4-12/h1-10,17,20H,11H2/t17-,20+/m1/s1. The fraction of sp³-hybridized carbons (Fsp3) is 0.150. The van der Waals surface area contributed by atoms with Crippen molar-refractivity contribution in [3.63, 3.8) is 0 Å². The zero-order valence-corrected chi connectivity index (χ0v) is 15.9. The number of halogens is 2. The number of hydrogen-bond acceptors (Lipinski definition) is 4. The highest BCUT2D eigenvalue weighted by Crippen LogP contribution is 2.48. The Kier molecular flexibility index (Phi) is 3.80. The van der Waals surface area contributed by atoms with Gasteiger partial charge in [-0.15, -0.1) is 0 Å². The second-order valence-corrected chi connectivity index (χ2v) is 7.68. The van der Waals surface area contributed by atoms with Crippen LogP contribution in [0.5, 0.6) is 5.75 Å². The van der Waals surface area contributed by atoms with E-state index in [0.29, 0.717) is 5.02 Å². The van der Waals surface area contributed by atoms with E-state index in [2.05, 4.69) is 22.0 Å². The Hall–Kier alpha value is -2.24. The molecule has 0 amide bonds. The molecule has 0 fully saturated rings. The molecule has 4 nitrogen and oxygen atoms in total. The van der Waals surface area contributed by atoms with E-state index in [-0.39, 0.29) is 12.3 Å². The van der Waals surface area contributed by atoms with Gasteiger partial charge in [0.15, 0.2) is 0 Å². The smallest absolute Gasteiger partial charge is 0.213 e.